The largest absolute Gasteiger partial charge is 0.495 e. The minimum Gasteiger partial charge on any atom is -0.495 e. The molecule has 0 radical (unpaired) electrons. The van der Waals surface area contributed by atoms with Crippen molar-refractivity contribution in [3.8, 4) is 17.3 Å². The number of nitrogens with one attached hydrogen (secondary N) is 1. The molecule has 0 bridgehead atoms. The summed E-state index contributed by atoms with van der Waals surface area (Å²) in [4.78, 5) is 16.3. The number of rotatable bonds is 6. The van der Waals surface area contributed by atoms with E-state index in [9.17, 15) is 4.79 Å². The van der Waals surface area contributed by atoms with Crippen molar-refractivity contribution >= 4 is 11.6 Å². The number of carbonyl (C=O) groups is 1. The Morgan fingerprint density at radius 3 is 2.92 bits per heavy atom. The second-order valence-corrected chi connectivity index (χ2v) is 5.23. The van der Waals surface area contributed by atoms with Gasteiger partial charge < -0.3 is 14.6 Å². The van der Waals surface area contributed by atoms with Crippen molar-refractivity contribution in [3.63, 3.8) is 0 Å². The van der Waals surface area contributed by atoms with E-state index < -0.39 is 0 Å². The number of benzene rings is 1. The average Bonchev–Trinajstić information content (AvgIpc) is 3.22. The minimum absolute atomic E-state index is 0.117. The molecule has 0 aliphatic rings. The summed E-state index contributed by atoms with van der Waals surface area (Å²) in [6, 6.07) is 7.29. The number of aromatic nitrogens is 5. The van der Waals surface area contributed by atoms with Crippen LogP contribution >= 0.6 is 0 Å². The van der Waals surface area contributed by atoms with Gasteiger partial charge in [-0.2, -0.15) is 0 Å². The molecule has 0 spiro atoms. The van der Waals surface area contributed by atoms with Crippen LogP contribution in [-0.4, -0.2) is 37.6 Å². The van der Waals surface area contributed by atoms with Gasteiger partial charge in [-0.25, -0.2) is 4.98 Å². The first-order chi connectivity index (χ1) is 11.7. The van der Waals surface area contributed by atoms with Gasteiger partial charge >= 0.3 is 0 Å². The van der Waals surface area contributed by atoms with E-state index in [-0.39, 0.29) is 12.3 Å². The maximum Gasteiger partial charge on any atom is 0.226 e. The van der Waals surface area contributed by atoms with Crippen molar-refractivity contribution in [1.29, 1.82) is 0 Å². The van der Waals surface area contributed by atoms with Gasteiger partial charge in [0.15, 0.2) is 5.82 Å². The van der Waals surface area contributed by atoms with E-state index in [1.807, 2.05) is 29.9 Å². The molecule has 0 aliphatic heterocycles. The molecule has 0 aliphatic carbocycles. The van der Waals surface area contributed by atoms with Gasteiger partial charge in [-0.05, 0) is 12.1 Å². The second-order valence-electron chi connectivity index (χ2n) is 5.23. The Morgan fingerprint density at radius 1 is 1.33 bits per heavy atom. The van der Waals surface area contributed by atoms with Gasteiger partial charge in [0.25, 0.3) is 0 Å². The van der Waals surface area contributed by atoms with Crippen molar-refractivity contribution in [2.75, 3.05) is 12.4 Å². The highest BCUT2D eigenvalue weighted by Gasteiger charge is 2.10. The highest BCUT2D eigenvalue weighted by atomic mass is 16.5. The van der Waals surface area contributed by atoms with Crippen LogP contribution in [0.1, 0.15) is 6.42 Å². The Morgan fingerprint density at radius 2 is 2.17 bits per heavy atom. The van der Waals surface area contributed by atoms with Crippen LogP contribution in [0.3, 0.4) is 0 Å². The maximum atomic E-state index is 12.1. The summed E-state index contributed by atoms with van der Waals surface area (Å²) in [7, 11) is 3.46. The van der Waals surface area contributed by atoms with E-state index in [1.165, 1.54) is 0 Å². The third kappa shape index (κ3) is 3.43. The van der Waals surface area contributed by atoms with Crippen LogP contribution in [0.5, 0.6) is 5.75 Å². The third-order valence-corrected chi connectivity index (χ3v) is 3.54. The van der Waals surface area contributed by atoms with Crippen molar-refractivity contribution in [2.24, 2.45) is 7.05 Å². The molecule has 8 nitrogen and oxygen atoms in total. The maximum absolute atomic E-state index is 12.1. The number of aryl methyl sites for hydroxylation is 2. The van der Waals surface area contributed by atoms with Crippen LogP contribution in [0.25, 0.3) is 11.5 Å². The van der Waals surface area contributed by atoms with Crippen LogP contribution in [0, 0.1) is 0 Å². The standard InChI is InChI=1S/C16H18N6O2/c1-21-10-8-17-16(21)13-11-22(20-19-13)9-7-15(23)18-12-5-3-4-6-14(12)24-2/h3-6,8,10-11H,7,9H2,1-2H3,(H,18,23). The van der Waals surface area contributed by atoms with Crippen LogP contribution in [0.4, 0.5) is 5.69 Å². The number of imidazole rings is 1. The van der Waals surface area contributed by atoms with Crippen LogP contribution in [0.2, 0.25) is 0 Å². The van der Waals surface area contributed by atoms with E-state index in [0.29, 0.717) is 23.7 Å². The third-order valence-electron chi connectivity index (χ3n) is 3.54. The Kier molecular flexibility index (Phi) is 4.55. The first-order valence-electron chi connectivity index (χ1n) is 7.48. The molecule has 0 unspecified atom stereocenters. The summed E-state index contributed by atoms with van der Waals surface area (Å²) in [6.45, 7) is 0.429. The summed E-state index contributed by atoms with van der Waals surface area (Å²) in [5, 5.41) is 11.0. The van der Waals surface area contributed by atoms with Crippen LogP contribution in [-0.2, 0) is 18.4 Å². The first-order valence-corrected chi connectivity index (χ1v) is 7.48. The summed E-state index contributed by atoms with van der Waals surface area (Å²) >= 11 is 0. The zero-order valence-corrected chi connectivity index (χ0v) is 13.5. The van der Waals surface area contributed by atoms with E-state index in [1.54, 1.807) is 36.3 Å². The van der Waals surface area contributed by atoms with Gasteiger partial charge in [-0.15, -0.1) is 5.10 Å². The van der Waals surface area contributed by atoms with Crippen molar-refractivity contribution < 1.29 is 9.53 Å². The number of para-hydroxylation sites is 2. The number of ether oxygens (including phenoxy) is 1. The Balaban J connectivity index is 1.59. The lowest BCUT2D eigenvalue weighted by molar-refractivity contribution is -0.116. The van der Waals surface area contributed by atoms with Gasteiger partial charge in [0, 0.05) is 25.9 Å². The summed E-state index contributed by atoms with van der Waals surface area (Å²) in [5.41, 5.74) is 1.32. The van der Waals surface area contributed by atoms with Crippen molar-refractivity contribution in [1.82, 2.24) is 24.5 Å². The van der Waals surface area contributed by atoms with Crippen LogP contribution in [0.15, 0.2) is 42.9 Å². The molecule has 3 rings (SSSR count). The Bertz CT molecular complexity index is 838. The number of methoxy groups -OCH3 is 1. The van der Waals surface area contributed by atoms with E-state index in [4.69, 9.17) is 4.74 Å². The fourth-order valence-corrected chi connectivity index (χ4v) is 2.30. The molecule has 1 amide bonds. The topological polar surface area (TPSA) is 86.9 Å². The van der Waals surface area contributed by atoms with Gasteiger partial charge in [0.2, 0.25) is 5.91 Å². The van der Waals surface area contributed by atoms with Crippen molar-refractivity contribution in [2.45, 2.75) is 13.0 Å². The molecule has 0 atom stereocenters. The SMILES string of the molecule is COc1ccccc1NC(=O)CCn1cc(-c2nccn2C)nn1. The predicted octanol–water partition coefficient (Wildman–Crippen LogP) is 1.72. The number of amides is 1. The summed E-state index contributed by atoms with van der Waals surface area (Å²) < 4.78 is 8.71. The molecular formula is C16H18N6O2. The smallest absolute Gasteiger partial charge is 0.226 e. The quantitative estimate of drug-likeness (QED) is 0.745. The van der Waals surface area contributed by atoms with E-state index in [2.05, 4.69) is 20.6 Å². The van der Waals surface area contributed by atoms with Gasteiger partial charge in [0.1, 0.15) is 11.4 Å². The fraction of sp³-hybridized carbons (Fsp3) is 0.250. The minimum atomic E-state index is -0.117. The molecule has 1 N–H and O–H groups in total. The molecule has 24 heavy (non-hydrogen) atoms. The lowest BCUT2D eigenvalue weighted by Gasteiger charge is -2.09. The number of hydrogen-bond acceptors (Lipinski definition) is 5. The molecule has 2 aromatic heterocycles. The number of nitrogens with zero attached hydrogens (tertiary/aromatic N) is 5. The lowest BCUT2D eigenvalue weighted by atomic mass is 10.3. The molecule has 2 heterocycles. The van der Waals surface area contributed by atoms with E-state index in [0.717, 1.165) is 5.82 Å². The zero-order valence-electron chi connectivity index (χ0n) is 13.5. The monoisotopic (exact) mass is 326 g/mol. The molecule has 1 aromatic carbocycles. The molecular weight excluding hydrogens is 308 g/mol. The average molecular weight is 326 g/mol. The second kappa shape index (κ2) is 6.95. The molecule has 3 aromatic rings. The predicted molar refractivity (Wildman–Crippen MR) is 88.5 cm³/mol. The Hall–Kier alpha value is -3.16. The van der Waals surface area contributed by atoms with Gasteiger partial charge in [0.05, 0.1) is 25.5 Å². The van der Waals surface area contributed by atoms with Crippen LogP contribution < -0.4 is 10.1 Å². The Labute approximate surface area is 139 Å². The molecule has 0 saturated carbocycles. The summed E-state index contributed by atoms with van der Waals surface area (Å²) in [6.07, 6.45) is 5.60. The summed E-state index contributed by atoms with van der Waals surface area (Å²) in [5.74, 6) is 1.25. The molecule has 0 saturated heterocycles. The molecule has 8 heteroatoms. The normalized spacial score (nSPS) is 10.6. The lowest BCUT2D eigenvalue weighted by Crippen LogP contribution is -2.15. The first kappa shape index (κ1) is 15.7. The highest BCUT2D eigenvalue weighted by molar-refractivity contribution is 5.92. The number of hydrogen-bond donors (Lipinski definition) is 1. The fourth-order valence-electron chi connectivity index (χ4n) is 2.30. The van der Waals surface area contributed by atoms with Crippen molar-refractivity contribution in [3.05, 3.63) is 42.9 Å². The van der Waals surface area contributed by atoms with E-state index >= 15 is 0 Å². The number of anilines is 1. The molecule has 124 valence electrons. The van der Waals surface area contributed by atoms with Gasteiger partial charge in [-0.3, -0.25) is 9.48 Å². The highest BCUT2D eigenvalue weighted by Crippen LogP contribution is 2.23. The zero-order chi connectivity index (χ0) is 16.9. The van der Waals surface area contributed by atoms with Gasteiger partial charge in [-0.1, -0.05) is 17.3 Å². The number of carbonyl (C=O) groups excluding carboxylic acids is 1. The molecule has 0 fully saturated rings.